The number of halogens is 2. The molecule has 0 radical (unpaired) electrons. The summed E-state index contributed by atoms with van der Waals surface area (Å²) >= 11 is 8.05. The van der Waals surface area contributed by atoms with Crippen LogP contribution in [0.1, 0.15) is 23.2 Å². The van der Waals surface area contributed by atoms with E-state index < -0.39 is 0 Å². The highest BCUT2D eigenvalue weighted by atomic mass is 127. The number of carbonyl (C=O) groups is 1. The Balaban J connectivity index is 2.55. The van der Waals surface area contributed by atoms with Crippen LogP contribution in [0, 0.1) is 0 Å². The number of phenols is 1. The average Bonchev–Trinajstić information content (AvgIpc) is 2.27. The molecule has 5 heteroatoms. The van der Waals surface area contributed by atoms with Crippen LogP contribution >= 0.6 is 34.2 Å². The molecule has 1 aromatic carbocycles. The molecule has 1 amide bonds. The van der Waals surface area contributed by atoms with Gasteiger partial charge in [-0.05, 0) is 35.5 Å². The van der Waals surface area contributed by atoms with Gasteiger partial charge in [0.1, 0.15) is 5.75 Å². The predicted octanol–water partition coefficient (Wildman–Crippen LogP) is 2.99. The smallest absolute Gasteiger partial charge is 0.255 e. The van der Waals surface area contributed by atoms with E-state index in [0.29, 0.717) is 11.6 Å². The highest BCUT2D eigenvalue weighted by Gasteiger charge is 2.10. The minimum atomic E-state index is -0.284. The molecule has 0 spiro atoms. The first-order chi connectivity index (χ1) is 7.65. The van der Waals surface area contributed by atoms with Gasteiger partial charge in [-0.2, -0.15) is 0 Å². The molecule has 0 aliphatic heterocycles. The highest BCUT2D eigenvalue weighted by molar-refractivity contribution is 14.1. The SMILES string of the molecule is O=C(NCCCCI)c1cc(Cl)ccc1O. The van der Waals surface area contributed by atoms with Crippen LogP contribution in [0.2, 0.25) is 5.02 Å². The van der Waals surface area contributed by atoms with Gasteiger partial charge in [-0.1, -0.05) is 34.2 Å². The first-order valence-corrected chi connectivity index (χ1v) is 6.88. The van der Waals surface area contributed by atoms with Gasteiger partial charge in [-0.3, -0.25) is 4.79 Å². The van der Waals surface area contributed by atoms with Crippen molar-refractivity contribution in [2.45, 2.75) is 12.8 Å². The molecule has 0 aliphatic carbocycles. The van der Waals surface area contributed by atoms with Gasteiger partial charge in [-0.15, -0.1) is 0 Å². The maximum Gasteiger partial charge on any atom is 0.255 e. The Kier molecular flexibility index (Phi) is 5.90. The zero-order valence-corrected chi connectivity index (χ0v) is 11.6. The topological polar surface area (TPSA) is 49.3 Å². The molecule has 0 atom stereocenters. The molecule has 0 saturated heterocycles. The zero-order chi connectivity index (χ0) is 12.0. The molecular formula is C11H13ClINO2. The van der Waals surface area contributed by atoms with Crippen molar-refractivity contribution in [3.8, 4) is 5.75 Å². The van der Waals surface area contributed by atoms with Crippen molar-refractivity contribution in [1.29, 1.82) is 0 Å². The molecule has 0 aromatic heterocycles. The molecule has 3 nitrogen and oxygen atoms in total. The minimum Gasteiger partial charge on any atom is -0.507 e. The van der Waals surface area contributed by atoms with E-state index in [1.807, 2.05) is 0 Å². The van der Waals surface area contributed by atoms with Crippen molar-refractivity contribution >= 4 is 40.1 Å². The number of alkyl halides is 1. The van der Waals surface area contributed by atoms with Gasteiger partial charge in [0, 0.05) is 11.6 Å². The van der Waals surface area contributed by atoms with E-state index in [1.54, 1.807) is 6.07 Å². The second-order valence-electron chi connectivity index (χ2n) is 3.31. The predicted molar refractivity (Wildman–Crippen MR) is 73.6 cm³/mol. The lowest BCUT2D eigenvalue weighted by Gasteiger charge is -2.06. The summed E-state index contributed by atoms with van der Waals surface area (Å²) in [5.41, 5.74) is 0.224. The Labute approximate surface area is 113 Å². The first-order valence-electron chi connectivity index (χ1n) is 4.98. The van der Waals surface area contributed by atoms with Crippen LogP contribution in [0.5, 0.6) is 5.75 Å². The van der Waals surface area contributed by atoms with E-state index >= 15 is 0 Å². The molecule has 1 rings (SSSR count). The Morgan fingerprint density at radius 1 is 1.44 bits per heavy atom. The second-order valence-corrected chi connectivity index (χ2v) is 4.83. The van der Waals surface area contributed by atoms with Crippen molar-refractivity contribution in [3.05, 3.63) is 28.8 Å². The lowest BCUT2D eigenvalue weighted by atomic mass is 10.2. The van der Waals surface area contributed by atoms with Gasteiger partial charge >= 0.3 is 0 Å². The Morgan fingerprint density at radius 2 is 2.19 bits per heavy atom. The van der Waals surface area contributed by atoms with Gasteiger partial charge in [0.05, 0.1) is 5.56 Å². The van der Waals surface area contributed by atoms with Crippen LogP contribution in [0.25, 0.3) is 0 Å². The monoisotopic (exact) mass is 353 g/mol. The van der Waals surface area contributed by atoms with Gasteiger partial charge < -0.3 is 10.4 Å². The van der Waals surface area contributed by atoms with Crippen molar-refractivity contribution in [3.63, 3.8) is 0 Å². The minimum absolute atomic E-state index is 0.0456. The van der Waals surface area contributed by atoms with Gasteiger partial charge in [0.2, 0.25) is 0 Å². The lowest BCUT2D eigenvalue weighted by molar-refractivity contribution is 0.0950. The van der Waals surface area contributed by atoms with E-state index in [-0.39, 0.29) is 17.2 Å². The van der Waals surface area contributed by atoms with Crippen molar-refractivity contribution in [2.24, 2.45) is 0 Å². The van der Waals surface area contributed by atoms with Crippen molar-refractivity contribution in [1.82, 2.24) is 5.32 Å². The lowest BCUT2D eigenvalue weighted by Crippen LogP contribution is -2.24. The van der Waals surface area contributed by atoms with Crippen molar-refractivity contribution in [2.75, 3.05) is 11.0 Å². The molecule has 0 heterocycles. The highest BCUT2D eigenvalue weighted by Crippen LogP contribution is 2.21. The third-order valence-electron chi connectivity index (χ3n) is 2.05. The van der Waals surface area contributed by atoms with Crippen LogP contribution in [-0.4, -0.2) is 22.0 Å². The summed E-state index contributed by atoms with van der Waals surface area (Å²) in [6.45, 7) is 0.619. The average molecular weight is 354 g/mol. The number of unbranched alkanes of at least 4 members (excludes halogenated alkanes) is 1. The van der Waals surface area contributed by atoms with Gasteiger partial charge in [0.25, 0.3) is 5.91 Å². The van der Waals surface area contributed by atoms with E-state index in [0.717, 1.165) is 17.3 Å². The molecule has 0 aliphatic rings. The summed E-state index contributed by atoms with van der Waals surface area (Å²) in [7, 11) is 0. The molecule has 2 N–H and O–H groups in total. The number of rotatable bonds is 5. The van der Waals surface area contributed by atoms with E-state index in [4.69, 9.17) is 11.6 Å². The van der Waals surface area contributed by atoms with Crippen LogP contribution < -0.4 is 5.32 Å². The quantitative estimate of drug-likeness (QED) is 0.486. The third-order valence-corrected chi connectivity index (χ3v) is 3.05. The first kappa shape index (κ1) is 13.6. The Bertz CT molecular complexity index is 371. The maximum atomic E-state index is 11.6. The molecule has 1 aromatic rings. The van der Waals surface area contributed by atoms with Gasteiger partial charge in [0.15, 0.2) is 0 Å². The number of phenolic OH excluding ortho intramolecular Hbond substituents is 1. The van der Waals surface area contributed by atoms with E-state index in [9.17, 15) is 9.90 Å². The van der Waals surface area contributed by atoms with Crippen LogP contribution in [0.3, 0.4) is 0 Å². The van der Waals surface area contributed by atoms with Crippen molar-refractivity contribution < 1.29 is 9.90 Å². The molecule has 0 fully saturated rings. The summed E-state index contributed by atoms with van der Waals surface area (Å²) in [4.78, 5) is 11.6. The zero-order valence-electron chi connectivity index (χ0n) is 8.67. The third kappa shape index (κ3) is 4.17. The van der Waals surface area contributed by atoms with Crippen LogP contribution in [0.15, 0.2) is 18.2 Å². The number of amides is 1. The molecule has 88 valence electrons. The summed E-state index contributed by atoms with van der Waals surface area (Å²) in [5.74, 6) is -0.329. The second kappa shape index (κ2) is 6.96. The number of benzene rings is 1. The van der Waals surface area contributed by atoms with Crippen LogP contribution in [0.4, 0.5) is 0 Å². The molecule has 0 unspecified atom stereocenters. The Morgan fingerprint density at radius 3 is 2.88 bits per heavy atom. The summed E-state index contributed by atoms with van der Waals surface area (Å²) < 4.78 is 1.08. The number of nitrogens with one attached hydrogen (secondary N) is 1. The number of carbonyl (C=O) groups excluding carboxylic acids is 1. The fraction of sp³-hybridized carbons (Fsp3) is 0.364. The largest absolute Gasteiger partial charge is 0.507 e. The van der Waals surface area contributed by atoms with Crippen LogP contribution in [-0.2, 0) is 0 Å². The standard InChI is InChI=1S/C11H13ClINO2/c12-8-3-4-10(15)9(7-8)11(16)14-6-2-1-5-13/h3-4,7,15H,1-2,5-6H2,(H,14,16). The van der Waals surface area contributed by atoms with E-state index in [1.165, 1.54) is 12.1 Å². The van der Waals surface area contributed by atoms with Gasteiger partial charge in [-0.25, -0.2) is 0 Å². The van der Waals surface area contributed by atoms with E-state index in [2.05, 4.69) is 27.9 Å². The number of aromatic hydroxyl groups is 1. The number of hydrogen-bond acceptors (Lipinski definition) is 2. The fourth-order valence-corrected chi connectivity index (χ4v) is 1.92. The molecule has 16 heavy (non-hydrogen) atoms. The fourth-order valence-electron chi connectivity index (χ4n) is 1.21. The molecule has 0 bridgehead atoms. The summed E-state index contributed by atoms with van der Waals surface area (Å²) in [5, 5.41) is 12.7. The Hall–Kier alpha value is -0.490. The molecule has 0 saturated carbocycles. The normalized spacial score (nSPS) is 10.1. The molecular weight excluding hydrogens is 340 g/mol. The number of hydrogen-bond donors (Lipinski definition) is 2. The maximum absolute atomic E-state index is 11.6. The summed E-state index contributed by atoms with van der Waals surface area (Å²) in [6, 6.07) is 4.43. The summed E-state index contributed by atoms with van der Waals surface area (Å²) in [6.07, 6.45) is 2.01.